The van der Waals surface area contributed by atoms with Crippen LogP contribution in [0.3, 0.4) is 0 Å². The maximum absolute atomic E-state index is 13.8. The molecule has 0 N–H and O–H groups in total. The first-order valence-corrected chi connectivity index (χ1v) is 13.7. The average molecular weight is 597 g/mol. The predicted octanol–water partition coefficient (Wildman–Crippen LogP) is 5.15. The highest BCUT2D eigenvalue weighted by atomic mass is 35.5. The van der Waals surface area contributed by atoms with E-state index in [1.165, 1.54) is 23.0 Å². The molecular formula is C29H22Cl2N2O6S. The first-order chi connectivity index (χ1) is 19.2. The number of halogens is 2. The van der Waals surface area contributed by atoms with Crippen LogP contribution in [-0.2, 0) is 14.3 Å². The summed E-state index contributed by atoms with van der Waals surface area (Å²) >= 11 is 13.8. The summed E-state index contributed by atoms with van der Waals surface area (Å²) in [5, 5.41) is 0.664. The molecule has 0 saturated heterocycles. The van der Waals surface area contributed by atoms with Crippen molar-refractivity contribution in [2.75, 3.05) is 13.7 Å². The molecule has 0 amide bonds. The molecule has 2 aromatic heterocycles. The third-order valence-corrected chi connectivity index (χ3v) is 7.93. The lowest BCUT2D eigenvalue weighted by Crippen LogP contribution is -2.40. The highest BCUT2D eigenvalue weighted by Gasteiger charge is 2.34. The fourth-order valence-electron chi connectivity index (χ4n) is 4.44. The van der Waals surface area contributed by atoms with E-state index in [9.17, 15) is 14.4 Å². The molecule has 0 unspecified atom stereocenters. The zero-order valence-corrected chi connectivity index (χ0v) is 23.9. The molecule has 0 bridgehead atoms. The van der Waals surface area contributed by atoms with E-state index < -0.39 is 18.0 Å². The van der Waals surface area contributed by atoms with Crippen molar-refractivity contribution in [1.82, 2.24) is 4.57 Å². The summed E-state index contributed by atoms with van der Waals surface area (Å²) in [5.74, 6) is -0.251. The minimum Gasteiger partial charge on any atom is -0.465 e. The van der Waals surface area contributed by atoms with Gasteiger partial charge in [-0.1, -0.05) is 52.7 Å². The quantitative estimate of drug-likeness (QED) is 0.285. The number of thiazole rings is 1. The predicted molar refractivity (Wildman–Crippen MR) is 152 cm³/mol. The van der Waals surface area contributed by atoms with E-state index in [4.69, 9.17) is 37.1 Å². The Labute approximate surface area is 242 Å². The van der Waals surface area contributed by atoms with Crippen LogP contribution in [0.15, 0.2) is 80.1 Å². The van der Waals surface area contributed by atoms with Crippen LogP contribution in [0, 0.1) is 0 Å². The van der Waals surface area contributed by atoms with Gasteiger partial charge >= 0.3 is 11.9 Å². The third-order valence-electron chi connectivity index (χ3n) is 6.27. The first-order valence-electron chi connectivity index (χ1n) is 12.2. The molecule has 5 rings (SSSR count). The topological polar surface area (TPSA) is 100 Å². The SMILES string of the molecule is CCOC(=O)C1=C(C)N=c2sc(=Cc3ccc(-c4ccc(Cl)c(C(=O)OC)c4)o3)c(=O)n2[C@H]1c1ccccc1Cl. The van der Waals surface area contributed by atoms with Crippen LogP contribution in [0.25, 0.3) is 17.4 Å². The summed E-state index contributed by atoms with van der Waals surface area (Å²) in [6.07, 6.45) is 1.61. The van der Waals surface area contributed by atoms with Crippen molar-refractivity contribution in [1.29, 1.82) is 0 Å². The number of carbonyl (C=O) groups is 2. The number of methoxy groups -OCH3 is 1. The molecule has 40 heavy (non-hydrogen) atoms. The van der Waals surface area contributed by atoms with Crippen molar-refractivity contribution >= 4 is 52.6 Å². The van der Waals surface area contributed by atoms with Gasteiger partial charge in [0.2, 0.25) is 0 Å². The van der Waals surface area contributed by atoms with Gasteiger partial charge in [-0.05, 0) is 55.8 Å². The number of rotatable bonds is 6. The van der Waals surface area contributed by atoms with Gasteiger partial charge in [0, 0.05) is 16.7 Å². The second kappa shape index (κ2) is 11.3. The minimum absolute atomic E-state index is 0.171. The van der Waals surface area contributed by atoms with E-state index in [0.29, 0.717) is 42.7 Å². The molecule has 4 aromatic rings. The van der Waals surface area contributed by atoms with Gasteiger partial charge in [0.15, 0.2) is 4.80 Å². The maximum atomic E-state index is 13.8. The van der Waals surface area contributed by atoms with Crippen molar-refractivity contribution in [2.45, 2.75) is 19.9 Å². The largest absolute Gasteiger partial charge is 0.465 e. The normalized spacial score (nSPS) is 15.0. The molecule has 1 aliphatic rings. The molecule has 0 fully saturated rings. The summed E-state index contributed by atoms with van der Waals surface area (Å²) in [7, 11) is 1.28. The van der Waals surface area contributed by atoms with Crippen LogP contribution < -0.4 is 14.9 Å². The fourth-order valence-corrected chi connectivity index (χ4v) is 5.90. The molecule has 8 nitrogen and oxygen atoms in total. The Bertz CT molecular complexity index is 1870. The lowest BCUT2D eigenvalue weighted by atomic mass is 9.96. The zero-order valence-electron chi connectivity index (χ0n) is 21.6. The molecule has 0 saturated carbocycles. The molecule has 11 heteroatoms. The lowest BCUT2D eigenvalue weighted by Gasteiger charge is -2.25. The van der Waals surface area contributed by atoms with Gasteiger partial charge in [-0.15, -0.1) is 0 Å². The van der Waals surface area contributed by atoms with Gasteiger partial charge in [-0.2, -0.15) is 0 Å². The highest BCUT2D eigenvalue weighted by molar-refractivity contribution is 7.07. The van der Waals surface area contributed by atoms with Crippen molar-refractivity contribution in [3.05, 3.63) is 112 Å². The van der Waals surface area contributed by atoms with E-state index in [2.05, 4.69) is 4.99 Å². The Morgan fingerprint density at radius 2 is 1.88 bits per heavy atom. The van der Waals surface area contributed by atoms with Crippen molar-refractivity contribution in [3.63, 3.8) is 0 Å². The van der Waals surface area contributed by atoms with Crippen molar-refractivity contribution in [2.24, 2.45) is 4.99 Å². The highest BCUT2D eigenvalue weighted by Crippen LogP contribution is 2.34. The zero-order chi connectivity index (χ0) is 28.6. The number of ether oxygens (including phenoxy) is 2. The number of fused-ring (bicyclic) bond motifs is 1. The van der Waals surface area contributed by atoms with E-state index >= 15 is 0 Å². The van der Waals surface area contributed by atoms with Gasteiger partial charge in [-0.25, -0.2) is 14.6 Å². The molecule has 2 aromatic carbocycles. The Morgan fingerprint density at radius 3 is 2.60 bits per heavy atom. The lowest BCUT2D eigenvalue weighted by molar-refractivity contribution is -0.139. The second-order valence-electron chi connectivity index (χ2n) is 8.71. The van der Waals surface area contributed by atoms with Gasteiger partial charge in [0.1, 0.15) is 17.6 Å². The molecule has 3 heterocycles. The van der Waals surface area contributed by atoms with Crippen LogP contribution in [0.1, 0.15) is 41.6 Å². The summed E-state index contributed by atoms with van der Waals surface area (Å²) in [6.45, 7) is 3.59. The molecule has 0 spiro atoms. The van der Waals surface area contributed by atoms with Gasteiger partial charge < -0.3 is 13.9 Å². The number of furan rings is 1. The minimum atomic E-state index is -0.816. The molecule has 1 atom stereocenters. The number of esters is 2. The Balaban J connectivity index is 1.61. The molecule has 1 aliphatic heterocycles. The smallest absolute Gasteiger partial charge is 0.339 e. The standard InChI is InChI=1S/C29H22Cl2N2O6S/c1-4-38-28(36)24-15(2)32-29-33(25(24)18-7-5-6-8-20(18)30)26(34)23(40-29)14-17-10-12-22(39-17)16-9-11-21(31)19(13-16)27(35)37-3/h5-14,25H,4H2,1-3H3/t25-/m0/s1. The van der Waals surface area contributed by atoms with E-state index in [0.717, 1.165) is 0 Å². The number of nitrogens with zero attached hydrogens (tertiary/aromatic N) is 2. The van der Waals surface area contributed by atoms with Crippen LogP contribution in [0.5, 0.6) is 0 Å². The van der Waals surface area contributed by atoms with Crippen LogP contribution in [0.2, 0.25) is 10.0 Å². The summed E-state index contributed by atoms with van der Waals surface area (Å²) < 4.78 is 17.9. The van der Waals surface area contributed by atoms with Gasteiger partial charge in [0.05, 0.1) is 40.1 Å². The Morgan fingerprint density at radius 1 is 1.10 bits per heavy atom. The summed E-state index contributed by atoms with van der Waals surface area (Å²) in [5.41, 5.74) is 1.73. The van der Waals surface area contributed by atoms with E-state index in [1.54, 1.807) is 74.5 Å². The number of hydrogen-bond acceptors (Lipinski definition) is 8. The van der Waals surface area contributed by atoms with Crippen molar-refractivity contribution in [3.8, 4) is 11.3 Å². The molecular weight excluding hydrogens is 575 g/mol. The van der Waals surface area contributed by atoms with Gasteiger partial charge in [-0.3, -0.25) is 9.36 Å². The molecule has 0 radical (unpaired) electrons. The third kappa shape index (κ3) is 5.03. The summed E-state index contributed by atoms with van der Waals surface area (Å²) in [4.78, 5) is 43.8. The van der Waals surface area contributed by atoms with Gasteiger partial charge in [0.25, 0.3) is 5.56 Å². The second-order valence-corrected chi connectivity index (χ2v) is 10.5. The van der Waals surface area contributed by atoms with E-state index in [1.807, 2.05) is 0 Å². The average Bonchev–Trinajstić information content (AvgIpc) is 3.52. The van der Waals surface area contributed by atoms with E-state index in [-0.39, 0.29) is 28.3 Å². The number of carbonyl (C=O) groups excluding carboxylic acids is 2. The van der Waals surface area contributed by atoms with Crippen LogP contribution in [0.4, 0.5) is 0 Å². The summed E-state index contributed by atoms with van der Waals surface area (Å²) in [6, 6.07) is 14.5. The molecule has 0 aliphatic carbocycles. The Kier molecular flexibility index (Phi) is 7.80. The monoisotopic (exact) mass is 596 g/mol. The van der Waals surface area contributed by atoms with Crippen LogP contribution >= 0.6 is 34.5 Å². The number of aromatic nitrogens is 1. The molecule has 204 valence electrons. The van der Waals surface area contributed by atoms with Crippen LogP contribution in [-0.4, -0.2) is 30.2 Å². The number of benzene rings is 2. The van der Waals surface area contributed by atoms with Crippen molar-refractivity contribution < 1.29 is 23.5 Å². The number of allylic oxidation sites excluding steroid dienone is 1. The number of hydrogen-bond donors (Lipinski definition) is 0. The first kappa shape index (κ1) is 27.6. The fraction of sp³-hybridized carbons (Fsp3) is 0.172. The Hall–Kier alpha value is -3.92. The maximum Gasteiger partial charge on any atom is 0.339 e.